The van der Waals surface area contributed by atoms with E-state index in [0.717, 1.165) is 18.4 Å². The van der Waals surface area contributed by atoms with Crippen molar-refractivity contribution in [1.29, 1.82) is 0 Å². The molecule has 0 saturated heterocycles. The molecule has 1 amide bonds. The fraction of sp³-hybridized carbons (Fsp3) is 0.364. The monoisotopic (exact) mass is 426 g/mol. The molecule has 162 valence electrons. The highest BCUT2D eigenvalue weighted by Gasteiger charge is 2.45. The van der Waals surface area contributed by atoms with Crippen LogP contribution in [0.4, 0.5) is 11.4 Å². The largest absolute Gasteiger partial charge is 0.486 e. The van der Waals surface area contributed by atoms with Crippen LogP contribution in [-0.4, -0.2) is 36.6 Å². The van der Waals surface area contributed by atoms with E-state index in [1.165, 1.54) is 18.2 Å². The highest BCUT2D eigenvalue weighted by molar-refractivity contribution is 5.95. The molecular formula is C22H22N2O7. The number of carbonyl (C=O) groups excluding carboxylic acids is 2. The van der Waals surface area contributed by atoms with Crippen LogP contribution in [0.1, 0.15) is 31.2 Å². The van der Waals surface area contributed by atoms with E-state index in [1.54, 1.807) is 12.1 Å². The second-order valence-corrected chi connectivity index (χ2v) is 7.55. The predicted molar refractivity (Wildman–Crippen MR) is 110 cm³/mol. The Bertz CT molecular complexity index is 1010. The Hall–Kier alpha value is -3.62. The molecule has 9 heteroatoms. The highest BCUT2D eigenvalue weighted by Crippen LogP contribution is 2.45. The van der Waals surface area contributed by atoms with E-state index in [0.29, 0.717) is 37.6 Å². The summed E-state index contributed by atoms with van der Waals surface area (Å²) in [7, 11) is 0. The van der Waals surface area contributed by atoms with Crippen LogP contribution in [0, 0.1) is 10.1 Å². The van der Waals surface area contributed by atoms with Gasteiger partial charge in [-0.3, -0.25) is 19.7 Å². The Morgan fingerprint density at radius 2 is 1.77 bits per heavy atom. The summed E-state index contributed by atoms with van der Waals surface area (Å²) in [6.07, 6.45) is 2.95. The molecule has 1 aliphatic carbocycles. The lowest BCUT2D eigenvalue weighted by atomic mass is 9.78. The van der Waals surface area contributed by atoms with Crippen molar-refractivity contribution in [3.8, 4) is 11.5 Å². The molecule has 2 aromatic carbocycles. The lowest BCUT2D eigenvalue weighted by Gasteiger charge is -2.28. The Balaban J connectivity index is 1.46. The number of nitro benzene ring substituents is 1. The molecule has 0 radical (unpaired) electrons. The minimum Gasteiger partial charge on any atom is -0.486 e. The number of nitrogens with one attached hydrogen (secondary N) is 1. The van der Waals surface area contributed by atoms with Gasteiger partial charge in [-0.1, -0.05) is 31.0 Å². The summed E-state index contributed by atoms with van der Waals surface area (Å²) in [6, 6.07) is 11.2. The van der Waals surface area contributed by atoms with Gasteiger partial charge in [0.25, 0.3) is 11.6 Å². The first-order chi connectivity index (χ1) is 15.0. The Morgan fingerprint density at radius 3 is 2.52 bits per heavy atom. The molecule has 31 heavy (non-hydrogen) atoms. The summed E-state index contributed by atoms with van der Waals surface area (Å²) in [5.41, 5.74) is -0.255. The van der Waals surface area contributed by atoms with Crippen LogP contribution in [0.3, 0.4) is 0 Å². The van der Waals surface area contributed by atoms with Crippen LogP contribution < -0.4 is 14.8 Å². The van der Waals surface area contributed by atoms with Gasteiger partial charge in [0.05, 0.1) is 10.3 Å². The fourth-order valence-corrected chi connectivity index (χ4v) is 4.12. The molecule has 2 aliphatic rings. The number of nitrogens with zero attached hydrogens (tertiary/aromatic N) is 1. The number of benzene rings is 2. The molecule has 2 aromatic rings. The number of carbonyl (C=O) groups is 2. The van der Waals surface area contributed by atoms with E-state index in [1.807, 2.05) is 12.1 Å². The molecule has 1 aliphatic heterocycles. The third-order valence-electron chi connectivity index (χ3n) is 5.65. The zero-order valence-electron chi connectivity index (χ0n) is 16.8. The van der Waals surface area contributed by atoms with Crippen molar-refractivity contribution in [2.75, 3.05) is 25.1 Å². The van der Waals surface area contributed by atoms with Crippen molar-refractivity contribution in [3.63, 3.8) is 0 Å². The number of anilines is 1. The van der Waals surface area contributed by atoms with Gasteiger partial charge in [-0.2, -0.15) is 0 Å². The summed E-state index contributed by atoms with van der Waals surface area (Å²) in [5.74, 6) is 0.106. The van der Waals surface area contributed by atoms with E-state index in [-0.39, 0.29) is 11.4 Å². The third kappa shape index (κ3) is 4.16. The summed E-state index contributed by atoms with van der Waals surface area (Å²) in [4.78, 5) is 35.9. The first-order valence-electron chi connectivity index (χ1n) is 10.1. The van der Waals surface area contributed by atoms with Crippen molar-refractivity contribution in [1.82, 2.24) is 0 Å². The lowest BCUT2D eigenvalue weighted by molar-refractivity contribution is -0.383. The van der Waals surface area contributed by atoms with Gasteiger partial charge in [-0.15, -0.1) is 0 Å². The Kier molecular flexibility index (Phi) is 5.75. The zero-order chi connectivity index (χ0) is 21.8. The second kappa shape index (κ2) is 8.63. The standard InChI is InChI=1S/C22H22N2O7/c25-20(23-16-5-1-2-6-17(16)24(27)28)14-31-21(26)22(9-3-4-10-22)15-7-8-18-19(13-15)30-12-11-29-18/h1-2,5-8,13H,3-4,9-12,14H2,(H,23,25). The maximum Gasteiger partial charge on any atom is 0.317 e. The number of hydrogen-bond acceptors (Lipinski definition) is 7. The van der Waals surface area contributed by atoms with Crippen LogP contribution >= 0.6 is 0 Å². The molecule has 1 fully saturated rings. The minimum absolute atomic E-state index is 0.0518. The maximum atomic E-state index is 13.1. The molecule has 1 heterocycles. The normalized spacial score (nSPS) is 16.4. The van der Waals surface area contributed by atoms with Crippen LogP contribution in [0.5, 0.6) is 11.5 Å². The Labute approximate surface area is 178 Å². The average Bonchev–Trinajstić information content (AvgIpc) is 3.28. The number of nitro groups is 1. The first kappa shape index (κ1) is 20.6. The molecule has 0 atom stereocenters. The zero-order valence-corrected chi connectivity index (χ0v) is 16.8. The van der Waals surface area contributed by atoms with Crippen LogP contribution in [-0.2, 0) is 19.7 Å². The fourth-order valence-electron chi connectivity index (χ4n) is 4.12. The lowest BCUT2D eigenvalue weighted by Crippen LogP contribution is -2.36. The molecule has 9 nitrogen and oxygen atoms in total. The van der Waals surface area contributed by atoms with Gasteiger partial charge in [0, 0.05) is 6.07 Å². The van der Waals surface area contributed by atoms with Crippen LogP contribution in [0.15, 0.2) is 42.5 Å². The summed E-state index contributed by atoms with van der Waals surface area (Å²) in [6.45, 7) is 0.394. The number of hydrogen-bond donors (Lipinski definition) is 1. The second-order valence-electron chi connectivity index (χ2n) is 7.55. The van der Waals surface area contributed by atoms with Gasteiger partial charge in [0.1, 0.15) is 18.9 Å². The van der Waals surface area contributed by atoms with Gasteiger partial charge >= 0.3 is 5.97 Å². The molecule has 1 saturated carbocycles. The topological polar surface area (TPSA) is 117 Å². The van der Waals surface area contributed by atoms with Gasteiger partial charge in [0.2, 0.25) is 0 Å². The van der Waals surface area contributed by atoms with Gasteiger partial charge < -0.3 is 19.5 Å². The molecule has 0 aromatic heterocycles. The molecule has 1 N–H and O–H groups in total. The smallest absolute Gasteiger partial charge is 0.317 e. The van der Waals surface area contributed by atoms with Gasteiger partial charge in [-0.05, 0) is 36.6 Å². The summed E-state index contributed by atoms with van der Waals surface area (Å²) < 4.78 is 16.6. The van der Waals surface area contributed by atoms with E-state index in [9.17, 15) is 19.7 Å². The van der Waals surface area contributed by atoms with E-state index in [4.69, 9.17) is 14.2 Å². The van der Waals surface area contributed by atoms with Crippen molar-refractivity contribution in [3.05, 3.63) is 58.1 Å². The summed E-state index contributed by atoms with van der Waals surface area (Å²) >= 11 is 0. The van der Waals surface area contributed by atoms with Crippen LogP contribution in [0.25, 0.3) is 0 Å². The van der Waals surface area contributed by atoms with Crippen molar-refractivity contribution in [2.24, 2.45) is 0 Å². The molecule has 0 bridgehead atoms. The number of esters is 1. The number of para-hydroxylation sites is 2. The first-order valence-corrected chi connectivity index (χ1v) is 10.1. The van der Waals surface area contributed by atoms with Gasteiger partial charge in [-0.25, -0.2) is 0 Å². The molecule has 4 rings (SSSR count). The van der Waals surface area contributed by atoms with Crippen LogP contribution in [0.2, 0.25) is 0 Å². The third-order valence-corrected chi connectivity index (χ3v) is 5.65. The van der Waals surface area contributed by atoms with E-state index >= 15 is 0 Å². The van der Waals surface area contributed by atoms with Gasteiger partial charge in [0.15, 0.2) is 18.1 Å². The predicted octanol–water partition coefficient (Wildman–Crippen LogP) is 3.36. The Morgan fingerprint density at radius 1 is 1.06 bits per heavy atom. The number of amides is 1. The van der Waals surface area contributed by atoms with E-state index < -0.39 is 28.8 Å². The number of fused-ring (bicyclic) bond motifs is 1. The minimum atomic E-state index is -0.852. The highest BCUT2D eigenvalue weighted by atomic mass is 16.6. The SMILES string of the molecule is O=C(COC(=O)C1(c2ccc3c(c2)OCCO3)CCCC1)Nc1ccccc1[N+](=O)[O-]. The average molecular weight is 426 g/mol. The molecular weight excluding hydrogens is 404 g/mol. The molecule has 0 spiro atoms. The molecule has 0 unspecified atom stereocenters. The summed E-state index contributed by atoms with van der Waals surface area (Å²) in [5, 5.41) is 13.5. The van der Waals surface area contributed by atoms with Crippen molar-refractivity contribution in [2.45, 2.75) is 31.1 Å². The van der Waals surface area contributed by atoms with Crippen molar-refractivity contribution >= 4 is 23.3 Å². The van der Waals surface area contributed by atoms with Crippen molar-refractivity contribution < 1.29 is 28.7 Å². The maximum absolute atomic E-state index is 13.1. The van der Waals surface area contributed by atoms with E-state index in [2.05, 4.69) is 5.32 Å². The number of rotatable bonds is 6. The quantitative estimate of drug-likeness (QED) is 0.428. The number of ether oxygens (including phenoxy) is 3.